The molecule has 0 fully saturated rings. The van der Waals surface area contributed by atoms with Gasteiger partial charge in [-0.2, -0.15) is 5.10 Å². The van der Waals surface area contributed by atoms with E-state index < -0.39 is 0 Å². The molecule has 1 heterocycles. The Kier molecular flexibility index (Phi) is 4.35. The highest BCUT2D eigenvalue weighted by molar-refractivity contribution is 6.30. The van der Waals surface area contributed by atoms with Crippen LogP contribution in [0.25, 0.3) is 17.3 Å². The molecule has 3 nitrogen and oxygen atoms in total. The van der Waals surface area contributed by atoms with Gasteiger partial charge in [0.1, 0.15) is 5.82 Å². The number of H-pyrrole nitrogens is 1. The normalized spacial score (nSPS) is 11.0. The van der Waals surface area contributed by atoms with E-state index in [0.717, 1.165) is 5.56 Å². The highest BCUT2D eigenvalue weighted by Crippen LogP contribution is 2.18. The Hall–Kier alpha value is -2.72. The average molecular weight is 327 g/mol. The molecule has 23 heavy (non-hydrogen) atoms. The Morgan fingerprint density at radius 2 is 1.78 bits per heavy atom. The lowest BCUT2D eigenvalue weighted by molar-refractivity contribution is 0.104. The fourth-order valence-corrected chi connectivity index (χ4v) is 2.19. The van der Waals surface area contributed by atoms with Crippen molar-refractivity contribution in [3.05, 3.63) is 82.8 Å². The van der Waals surface area contributed by atoms with Gasteiger partial charge in [0.05, 0.1) is 11.4 Å². The molecule has 0 aliphatic carbocycles. The third-order valence-corrected chi connectivity index (χ3v) is 3.53. The van der Waals surface area contributed by atoms with Gasteiger partial charge < -0.3 is 0 Å². The smallest absolute Gasteiger partial charge is 0.185 e. The zero-order valence-electron chi connectivity index (χ0n) is 12.0. The van der Waals surface area contributed by atoms with Crippen molar-refractivity contribution in [3.8, 4) is 11.3 Å². The van der Waals surface area contributed by atoms with Crippen LogP contribution in [0.1, 0.15) is 16.1 Å². The number of hydrogen-bond donors (Lipinski definition) is 1. The van der Waals surface area contributed by atoms with Gasteiger partial charge in [-0.15, -0.1) is 0 Å². The third kappa shape index (κ3) is 3.73. The van der Waals surface area contributed by atoms with E-state index in [9.17, 15) is 9.18 Å². The molecular weight excluding hydrogens is 315 g/mol. The zero-order valence-corrected chi connectivity index (χ0v) is 12.7. The van der Waals surface area contributed by atoms with Crippen LogP contribution in [0, 0.1) is 5.82 Å². The number of rotatable bonds is 4. The number of carbonyl (C=O) groups excluding carboxylic acids is 1. The van der Waals surface area contributed by atoms with Gasteiger partial charge in [0, 0.05) is 16.1 Å². The van der Waals surface area contributed by atoms with Crippen LogP contribution in [0.5, 0.6) is 0 Å². The molecule has 3 rings (SSSR count). The largest absolute Gasteiger partial charge is 0.289 e. The van der Waals surface area contributed by atoms with Crippen molar-refractivity contribution in [2.24, 2.45) is 0 Å². The summed E-state index contributed by atoms with van der Waals surface area (Å²) >= 11 is 5.79. The van der Waals surface area contributed by atoms with Crippen LogP contribution in [0.4, 0.5) is 4.39 Å². The first kappa shape index (κ1) is 15.2. The molecule has 0 aliphatic heterocycles. The number of halogens is 2. The number of ketones is 1. The summed E-state index contributed by atoms with van der Waals surface area (Å²) in [5.41, 5.74) is 2.73. The second-order valence-electron chi connectivity index (χ2n) is 4.92. The number of allylic oxidation sites excluding steroid dienone is 1. The molecule has 3 aromatic rings. The molecule has 0 saturated heterocycles. The Morgan fingerprint density at radius 3 is 2.48 bits per heavy atom. The monoisotopic (exact) mass is 326 g/mol. The molecular formula is C18H12ClFN2O. The summed E-state index contributed by atoms with van der Waals surface area (Å²) in [5, 5.41) is 7.57. The SMILES string of the molecule is O=C(/C=C/c1cc(-c2ccc(F)cc2)n[nH]1)c1ccc(Cl)cc1. The molecule has 0 atom stereocenters. The summed E-state index contributed by atoms with van der Waals surface area (Å²) in [6.45, 7) is 0. The quantitative estimate of drug-likeness (QED) is 0.554. The van der Waals surface area contributed by atoms with E-state index in [-0.39, 0.29) is 11.6 Å². The molecule has 0 amide bonds. The standard InChI is InChI=1S/C18H12ClFN2O/c19-14-5-1-13(2-6-14)18(23)10-9-16-11-17(22-21-16)12-3-7-15(20)8-4-12/h1-11H,(H,21,22)/b10-9+. The first-order valence-electron chi connectivity index (χ1n) is 6.91. The fraction of sp³-hybridized carbons (Fsp3) is 0. The summed E-state index contributed by atoms with van der Waals surface area (Å²) < 4.78 is 12.9. The minimum Gasteiger partial charge on any atom is -0.289 e. The Labute approximate surface area is 137 Å². The second-order valence-corrected chi connectivity index (χ2v) is 5.36. The lowest BCUT2D eigenvalue weighted by Crippen LogP contribution is -1.93. The minimum absolute atomic E-state index is 0.125. The number of benzene rings is 2. The van der Waals surface area contributed by atoms with Gasteiger partial charge in [0.25, 0.3) is 0 Å². The minimum atomic E-state index is -0.294. The molecule has 0 saturated carbocycles. The first-order chi connectivity index (χ1) is 11.1. The number of aromatic amines is 1. The van der Waals surface area contributed by atoms with Gasteiger partial charge in [-0.1, -0.05) is 11.6 Å². The molecule has 0 radical (unpaired) electrons. The van der Waals surface area contributed by atoms with Gasteiger partial charge >= 0.3 is 0 Å². The molecule has 0 aliphatic rings. The molecule has 114 valence electrons. The topological polar surface area (TPSA) is 45.8 Å². The van der Waals surface area contributed by atoms with Crippen LogP contribution in [0.15, 0.2) is 60.7 Å². The second kappa shape index (κ2) is 6.58. The first-order valence-corrected chi connectivity index (χ1v) is 7.29. The number of nitrogens with one attached hydrogen (secondary N) is 1. The highest BCUT2D eigenvalue weighted by atomic mass is 35.5. The third-order valence-electron chi connectivity index (χ3n) is 3.28. The van der Waals surface area contributed by atoms with E-state index in [1.54, 1.807) is 48.5 Å². The predicted octanol–water partition coefficient (Wildman–Crippen LogP) is 4.77. The average Bonchev–Trinajstić information content (AvgIpc) is 3.03. The summed E-state index contributed by atoms with van der Waals surface area (Å²) in [5.74, 6) is -0.419. The summed E-state index contributed by atoms with van der Waals surface area (Å²) in [6.07, 6.45) is 3.11. The van der Waals surface area contributed by atoms with E-state index in [2.05, 4.69) is 10.2 Å². The summed E-state index contributed by atoms with van der Waals surface area (Å²) in [4.78, 5) is 12.0. The Balaban J connectivity index is 1.74. The van der Waals surface area contributed by atoms with E-state index in [0.29, 0.717) is 22.0 Å². The van der Waals surface area contributed by atoms with Gasteiger partial charge in [-0.3, -0.25) is 9.89 Å². The lowest BCUT2D eigenvalue weighted by Gasteiger charge is -1.95. The van der Waals surface area contributed by atoms with Crippen LogP contribution in [0.3, 0.4) is 0 Å². The van der Waals surface area contributed by atoms with Crippen molar-refractivity contribution in [2.75, 3.05) is 0 Å². The number of hydrogen-bond acceptors (Lipinski definition) is 2. The lowest BCUT2D eigenvalue weighted by atomic mass is 10.1. The maximum atomic E-state index is 12.9. The molecule has 0 bridgehead atoms. The maximum Gasteiger partial charge on any atom is 0.185 e. The molecule has 5 heteroatoms. The van der Waals surface area contributed by atoms with Crippen LogP contribution in [-0.4, -0.2) is 16.0 Å². The van der Waals surface area contributed by atoms with Crippen molar-refractivity contribution in [1.82, 2.24) is 10.2 Å². The molecule has 1 aromatic heterocycles. The van der Waals surface area contributed by atoms with Crippen LogP contribution < -0.4 is 0 Å². The molecule has 1 N–H and O–H groups in total. The van der Waals surface area contributed by atoms with E-state index in [1.165, 1.54) is 18.2 Å². The van der Waals surface area contributed by atoms with Crippen molar-refractivity contribution in [3.63, 3.8) is 0 Å². The van der Waals surface area contributed by atoms with E-state index in [1.807, 2.05) is 0 Å². The van der Waals surface area contributed by atoms with Gasteiger partial charge in [-0.25, -0.2) is 4.39 Å². The van der Waals surface area contributed by atoms with Crippen LogP contribution in [0.2, 0.25) is 5.02 Å². The van der Waals surface area contributed by atoms with Crippen LogP contribution >= 0.6 is 11.6 Å². The molecule has 0 unspecified atom stereocenters. The predicted molar refractivity (Wildman–Crippen MR) is 88.8 cm³/mol. The van der Waals surface area contributed by atoms with E-state index >= 15 is 0 Å². The Morgan fingerprint density at radius 1 is 1.09 bits per heavy atom. The summed E-state index contributed by atoms with van der Waals surface area (Å²) in [6, 6.07) is 14.5. The van der Waals surface area contributed by atoms with Crippen molar-refractivity contribution >= 4 is 23.5 Å². The number of nitrogens with zero attached hydrogens (tertiary/aromatic N) is 1. The van der Waals surface area contributed by atoms with Crippen LogP contribution in [-0.2, 0) is 0 Å². The number of carbonyl (C=O) groups is 1. The van der Waals surface area contributed by atoms with E-state index in [4.69, 9.17) is 11.6 Å². The van der Waals surface area contributed by atoms with Crippen molar-refractivity contribution in [1.29, 1.82) is 0 Å². The molecule has 0 spiro atoms. The molecule has 2 aromatic carbocycles. The van der Waals surface area contributed by atoms with Crippen molar-refractivity contribution < 1.29 is 9.18 Å². The zero-order chi connectivity index (χ0) is 16.2. The maximum absolute atomic E-state index is 12.9. The Bertz CT molecular complexity index is 851. The van der Waals surface area contributed by atoms with Gasteiger partial charge in [0.2, 0.25) is 0 Å². The fourth-order valence-electron chi connectivity index (χ4n) is 2.07. The van der Waals surface area contributed by atoms with Crippen molar-refractivity contribution in [2.45, 2.75) is 0 Å². The summed E-state index contributed by atoms with van der Waals surface area (Å²) in [7, 11) is 0. The van der Waals surface area contributed by atoms with Gasteiger partial charge in [0.15, 0.2) is 5.78 Å². The highest BCUT2D eigenvalue weighted by Gasteiger charge is 2.04. The van der Waals surface area contributed by atoms with Gasteiger partial charge in [-0.05, 0) is 66.7 Å². The number of aromatic nitrogens is 2.